The third-order valence-electron chi connectivity index (χ3n) is 9.53. The van der Waals surface area contributed by atoms with E-state index in [4.69, 9.17) is 15.0 Å². The van der Waals surface area contributed by atoms with Gasteiger partial charge in [-0.3, -0.25) is 0 Å². The van der Waals surface area contributed by atoms with Crippen LogP contribution in [0.15, 0.2) is 164 Å². The summed E-state index contributed by atoms with van der Waals surface area (Å²) >= 11 is 0.168. The second kappa shape index (κ2) is 11.3. The van der Waals surface area contributed by atoms with Gasteiger partial charge in [0.2, 0.25) is 0 Å². The summed E-state index contributed by atoms with van der Waals surface area (Å²) in [6.07, 6.45) is 0. The summed E-state index contributed by atoms with van der Waals surface area (Å²) in [5, 5.41) is 10.0. The molecule has 0 amide bonds. The molecule has 0 unspecified atom stereocenters. The van der Waals surface area contributed by atoms with Gasteiger partial charge >= 0.3 is 254 Å². The van der Waals surface area contributed by atoms with Gasteiger partial charge in [-0.2, -0.15) is 0 Å². The quantitative estimate of drug-likeness (QED) is 0.136. The fraction of sp³-hybridized carbons (Fsp3) is 0. The Morgan fingerprint density at radius 2 is 0.898 bits per heavy atom. The molecule has 228 valence electrons. The van der Waals surface area contributed by atoms with Crippen molar-refractivity contribution in [3.63, 3.8) is 0 Å². The van der Waals surface area contributed by atoms with Gasteiger partial charge in [0.05, 0.1) is 0 Å². The number of benzene rings is 8. The Morgan fingerprint density at radius 3 is 1.73 bits per heavy atom. The van der Waals surface area contributed by atoms with Crippen LogP contribution in [0.4, 0.5) is 0 Å². The Morgan fingerprint density at radius 1 is 0.327 bits per heavy atom. The van der Waals surface area contributed by atoms with Gasteiger partial charge < -0.3 is 0 Å². The Bertz CT molecular complexity index is 2870. The van der Waals surface area contributed by atoms with E-state index < -0.39 is 0 Å². The van der Waals surface area contributed by atoms with Gasteiger partial charge in [0.1, 0.15) is 0 Å². The summed E-state index contributed by atoms with van der Waals surface area (Å²) in [5.74, 6) is 2.06. The molecule has 0 saturated carbocycles. The van der Waals surface area contributed by atoms with Gasteiger partial charge in [0, 0.05) is 0 Å². The molecule has 0 aliphatic carbocycles. The van der Waals surface area contributed by atoms with Crippen LogP contribution in [-0.2, 0) is 0 Å². The second-order valence-corrected chi connectivity index (χ2v) is 14.6. The third-order valence-corrected chi connectivity index (χ3v) is 12.1. The maximum atomic E-state index is 5.20. The predicted molar refractivity (Wildman–Crippen MR) is 206 cm³/mol. The van der Waals surface area contributed by atoms with E-state index >= 15 is 0 Å². The van der Waals surface area contributed by atoms with E-state index in [0.29, 0.717) is 17.5 Å². The van der Waals surface area contributed by atoms with Crippen LogP contribution in [-0.4, -0.2) is 29.5 Å². The zero-order chi connectivity index (χ0) is 32.3. The monoisotopic (exact) mass is 689 g/mol. The summed E-state index contributed by atoms with van der Waals surface area (Å²) in [4.78, 5) is 15.5. The van der Waals surface area contributed by atoms with E-state index in [9.17, 15) is 0 Å². The molecule has 0 saturated heterocycles. The molecule has 49 heavy (non-hydrogen) atoms. The first kappa shape index (κ1) is 28.1. The SMILES string of the molecule is c1ccc(-c2ccc(-c3nc(-c4ccc5c(ccc6c7ccccc7ccc56)c4)nc(-c4cccc5c4[se]c4ccccc45)n3)cc2)cc1. The average molecular weight is 689 g/mol. The molecular formula is C45H27N3Se. The first-order valence-corrected chi connectivity index (χ1v) is 18.2. The van der Waals surface area contributed by atoms with Gasteiger partial charge in [-0.1, -0.05) is 30.3 Å². The van der Waals surface area contributed by atoms with Gasteiger partial charge in [0.15, 0.2) is 0 Å². The third kappa shape index (κ3) is 4.76. The van der Waals surface area contributed by atoms with Crippen molar-refractivity contribution in [1.82, 2.24) is 15.0 Å². The van der Waals surface area contributed by atoms with Crippen molar-refractivity contribution in [2.24, 2.45) is 0 Å². The van der Waals surface area contributed by atoms with Crippen molar-refractivity contribution in [1.29, 1.82) is 0 Å². The zero-order valence-corrected chi connectivity index (χ0v) is 28.1. The first-order chi connectivity index (χ1) is 24.3. The number of hydrogen-bond acceptors (Lipinski definition) is 3. The molecule has 0 spiro atoms. The Labute approximate surface area is 288 Å². The van der Waals surface area contributed by atoms with Crippen LogP contribution in [0.3, 0.4) is 0 Å². The molecule has 0 aliphatic heterocycles. The summed E-state index contributed by atoms with van der Waals surface area (Å²) in [7, 11) is 0. The van der Waals surface area contributed by atoms with Crippen LogP contribution in [0.1, 0.15) is 0 Å². The van der Waals surface area contributed by atoms with Crippen molar-refractivity contribution < 1.29 is 0 Å². The standard InChI is InChI=1S/C45H27N3Se/c1-2-9-28(10-3-1)29-17-19-31(20-18-29)43-46-44(48-45(47-43)40-15-8-14-39-38-13-6-7-16-41(38)49-42(39)40)33-23-24-35-32(27-33)22-26-36-34-12-5-4-11-30(34)21-25-37(35)36/h1-27H. The predicted octanol–water partition coefficient (Wildman–Crippen LogP) is 11.4. The van der Waals surface area contributed by atoms with Crippen molar-refractivity contribution in [3.05, 3.63) is 164 Å². The molecule has 4 heteroatoms. The Balaban J connectivity index is 1.16. The molecule has 2 aromatic heterocycles. The van der Waals surface area contributed by atoms with Gasteiger partial charge in [-0.25, -0.2) is 0 Å². The number of aromatic nitrogens is 3. The average Bonchev–Trinajstić information content (AvgIpc) is 3.57. The minimum absolute atomic E-state index is 0.168. The van der Waals surface area contributed by atoms with Gasteiger partial charge in [-0.15, -0.1) is 0 Å². The maximum absolute atomic E-state index is 5.20. The molecule has 0 aliphatic rings. The molecule has 0 bridgehead atoms. The summed E-state index contributed by atoms with van der Waals surface area (Å²) in [6.45, 7) is 0. The van der Waals surface area contributed by atoms with Crippen LogP contribution in [0.5, 0.6) is 0 Å². The van der Waals surface area contributed by atoms with Crippen LogP contribution in [0.2, 0.25) is 0 Å². The van der Waals surface area contributed by atoms with Crippen molar-refractivity contribution in [3.8, 4) is 45.3 Å². The normalized spacial score (nSPS) is 11.7. The van der Waals surface area contributed by atoms with Gasteiger partial charge in [-0.05, 0) is 5.39 Å². The minimum atomic E-state index is 0.168. The van der Waals surface area contributed by atoms with E-state index in [1.807, 2.05) is 6.07 Å². The van der Waals surface area contributed by atoms with E-state index in [0.717, 1.165) is 27.6 Å². The number of hydrogen-bond donors (Lipinski definition) is 0. The Hall–Kier alpha value is -5.93. The number of nitrogens with zero attached hydrogens (tertiary/aromatic N) is 3. The van der Waals surface area contributed by atoms with E-state index in [1.54, 1.807) is 0 Å². The van der Waals surface area contributed by atoms with Crippen LogP contribution in [0, 0.1) is 0 Å². The number of rotatable bonds is 4. The molecule has 10 rings (SSSR count). The van der Waals surface area contributed by atoms with E-state index in [2.05, 4.69) is 158 Å². The molecule has 8 aromatic carbocycles. The molecule has 2 heterocycles. The fourth-order valence-corrected chi connectivity index (χ4v) is 9.63. The van der Waals surface area contributed by atoms with Crippen LogP contribution < -0.4 is 0 Å². The van der Waals surface area contributed by atoms with E-state index in [-0.39, 0.29) is 14.5 Å². The first-order valence-electron chi connectivity index (χ1n) is 16.4. The second-order valence-electron chi connectivity index (χ2n) is 12.4. The number of fused-ring (bicyclic) bond motifs is 8. The molecule has 0 atom stereocenters. The topological polar surface area (TPSA) is 38.7 Å². The fourth-order valence-electron chi connectivity index (χ4n) is 7.09. The Kier molecular flexibility index (Phi) is 6.51. The molecule has 0 fully saturated rings. The summed E-state index contributed by atoms with van der Waals surface area (Å²) in [6, 6.07) is 58.4. The summed E-state index contributed by atoms with van der Waals surface area (Å²) < 4.78 is 2.73. The van der Waals surface area contributed by atoms with Gasteiger partial charge in [0.25, 0.3) is 0 Å². The molecule has 0 N–H and O–H groups in total. The van der Waals surface area contributed by atoms with Crippen molar-refractivity contribution >= 4 is 66.1 Å². The zero-order valence-electron chi connectivity index (χ0n) is 26.3. The molecular weight excluding hydrogens is 661 g/mol. The van der Waals surface area contributed by atoms with Crippen molar-refractivity contribution in [2.45, 2.75) is 0 Å². The van der Waals surface area contributed by atoms with Crippen LogP contribution >= 0.6 is 0 Å². The van der Waals surface area contributed by atoms with Crippen LogP contribution in [0.25, 0.3) is 96.9 Å². The summed E-state index contributed by atoms with van der Waals surface area (Å²) in [5.41, 5.74) is 5.36. The van der Waals surface area contributed by atoms with Crippen molar-refractivity contribution in [2.75, 3.05) is 0 Å². The molecule has 3 nitrogen and oxygen atoms in total. The molecule has 0 radical (unpaired) electrons. The molecule has 10 aromatic rings. The van der Waals surface area contributed by atoms with E-state index in [1.165, 1.54) is 51.8 Å².